The molecule has 0 aliphatic heterocycles. The summed E-state index contributed by atoms with van der Waals surface area (Å²) in [5.74, 6) is -3.17. The molecule has 4 rings (SSSR count). The third-order valence-electron chi connectivity index (χ3n) is 5.90. The number of carbonyl (C=O) groups excluding carboxylic acids is 2. The molecule has 4 aromatic rings. The Balaban J connectivity index is 0.000000270. The van der Waals surface area contributed by atoms with E-state index >= 15 is 0 Å². The van der Waals surface area contributed by atoms with Gasteiger partial charge in [-0.2, -0.15) is 33.2 Å². The zero-order valence-electron chi connectivity index (χ0n) is 26.3. The Kier molecular flexibility index (Phi) is 12.5. The van der Waals surface area contributed by atoms with Gasteiger partial charge < -0.3 is 14.6 Å². The van der Waals surface area contributed by atoms with Crippen molar-refractivity contribution in [1.29, 1.82) is 0 Å². The molecule has 268 valence electrons. The van der Waals surface area contributed by atoms with Gasteiger partial charge in [0.05, 0.1) is 33.8 Å². The van der Waals surface area contributed by atoms with Crippen LogP contribution in [0.25, 0.3) is 11.3 Å². The molecule has 0 saturated carbocycles. The van der Waals surface area contributed by atoms with Crippen LogP contribution in [0, 0.1) is 12.7 Å². The van der Waals surface area contributed by atoms with E-state index in [9.17, 15) is 40.4 Å². The van der Waals surface area contributed by atoms with E-state index in [1.165, 1.54) is 26.2 Å². The number of carboxylic acids is 1. The largest absolute Gasteiger partial charge is 0.478 e. The molecular formula is C28H25BrClF4N7O8S. The highest BCUT2D eigenvalue weighted by Gasteiger charge is 2.39. The summed E-state index contributed by atoms with van der Waals surface area (Å²) in [6, 6.07) is 5.48. The molecule has 22 heteroatoms. The minimum atomic E-state index is -4.69. The fourth-order valence-corrected chi connectivity index (χ4v) is 6.04. The van der Waals surface area contributed by atoms with Crippen molar-refractivity contribution in [2.24, 2.45) is 7.05 Å². The lowest BCUT2D eigenvalue weighted by atomic mass is 10.1. The van der Waals surface area contributed by atoms with Crippen molar-refractivity contribution in [3.8, 4) is 17.3 Å². The molecule has 2 aromatic heterocycles. The number of esters is 1. The number of anilines is 1. The molecule has 3 N–H and O–H groups in total. The van der Waals surface area contributed by atoms with Crippen LogP contribution in [0.15, 0.2) is 45.8 Å². The van der Waals surface area contributed by atoms with Gasteiger partial charge in [0, 0.05) is 12.6 Å². The van der Waals surface area contributed by atoms with Gasteiger partial charge in [-0.3, -0.25) is 10.00 Å². The average Bonchev–Trinajstić information content (AvgIpc) is 3.29. The lowest BCUT2D eigenvalue weighted by Crippen LogP contribution is -2.35. The lowest BCUT2D eigenvalue weighted by Gasteiger charge is -2.11. The second-order valence-corrected chi connectivity index (χ2v) is 12.8. The van der Waals surface area contributed by atoms with E-state index in [-0.39, 0.29) is 39.6 Å². The quantitative estimate of drug-likeness (QED) is 0.147. The first-order valence-corrected chi connectivity index (χ1v) is 16.2. The van der Waals surface area contributed by atoms with E-state index in [1.807, 2.05) is 0 Å². The smallest absolute Gasteiger partial charge is 0.434 e. The predicted octanol–water partition coefficient (Wildman–Crippen LogP) is 5.62. The first-order chi connectivity index (χ1) is 23.2. The molecule has 0 radical (unpaired) electrons. The van der Waals surface area contributed by atoms with Crippen molar-refractivity contribution in [3.63, 3.8) is 0 Å². The molecule has 0 aliphatic carbocycles. The van der Waals surface area contributed by atoms with Crippen LogP contribution in [0.1, 0.15) is 46.1 Å². The number of halogens is 6. The number of amides is 2. The van der Waals surface area contributed by atoms with E-state index in [0.29, 0.717) is 4.68 Å². The Morgan fingerprint density at radius 1 is 1.08 bits per heavy atom. The molecule has 0 spiro atoms. The molecular weight excluding hydrogens is 786 g/mol. The van der Waals surface area contributed by atoms with E-state index < -0.39 is 66.7 Å². The Morgan fingerprint density at radius 3 is 2.28 bits per heavy atom. The highest BCUT2D eigenvalue weighted by molar-refractivity contribution is 9.10. The second kappa shape index (κ2) is 15.8. The number of nitrogens with zero attached hydrogens (tertiary/aromatic N) is 5. The van der Waals surface area contributed by atoms with Gasteiger partial charge in [0.2, 0.25) is 5.95 Å². The van der Waals surface area contributed by atoms with Crippen molar-refractivity contribution in [2.75, 3.05) is 12.4 Å². The Morgan fingerprint density at radius 2 is 1.72 bits per heavy atom. The summed E-state index contributed by atoms with van der Waals surface area (Å²) in [7, 11) is -2.03. The van der Waals surface area contributed by atoms with Crippen molar-refractivity contribution in [3.05, 3.63) is 74.4 Å². The Bertz CT molecular complexity index is 2060. The maximum Gasteiger partial charge on any atom is 0.434 e. The minimum absolute atomic E-state index is 0.0677. The van der Waals surface area contributed by atoms with Gasteiger partial charge in [-0.15, -0.1) is 0 Å². The summed E-state index contributed by atoms with van der Waals surface area (Å²) >= 11 is 8.67. The van der Waals surface area contributed by atoms with Gasteiger partial charge in [-0.25, -0.2) is 31.9 Å². The van der Waals surface area contributed by atoms with Crippen LogP contribution in [0.5, 0.6) is 6.01 Å². The first kappa shape index (κ1) is 39.5. The number of rotatable bonds is 8. The normalized spacial score (nSPS) is 11.4. The minimum Gasteiger partial charge on any atom is -0.478 e. The molecule has 2 aromatic carbocycles. The maximum atomic E-state index is 14.3. The fraction of sp³-hybridized carbons (Fsp3) is 0.250. The van der Waals surface area contributed by atoms with Crippen LogP contribution >= 0.6 is 27.5 Å². The van der Waals surface area contributed by atoms with Gasteiger partial charge in [-0.1, -0.05) is 23.7 Å². The molecule has 0 saturated heterocycles. The van der Waals surface area contributed by atoms with Gasteiger partial charge in [0.15, 0.2) is 5.69 Å². The summed E-state index contributed by atoms with van der Waals surface area (Å²) in [4.78, 5) is 45.9. The Labute approximate surface area is 294 Å². The molecule has 2 amide bonds. The zero-order valence-corrected chi connectivity index (χ0v) is 29.4. The number of urea groups is 1. The second-order valence-electron chi connectivity index (χ2n) is 9.95. The fourth-order valence-electron chi connectivity index (χ4n) is 3.93. The summed E-state index contributed by atoms with van der Waals surface area (Å²) in [6.07, 6.45) is -5.14. The number of carboxylic acid groups (broad SMARTS) is 1. The highest BCUT2D eigenvalue weighted by atomic mass is 79.9. The topological polar surface area (TPSA) is 205 Å². The molecule has 0 bridgehead atoms. The third kappa shape index (κ3) is 9.63. The van der Waals surface area contributed by atoms with Crippen molar-refractivity contribution in [1.82, 2.24) is 29.5 Å². The van der Waals surface area contributed by atoms with Crippen LogP contribution < -0.4 is 14.8 Å². The van der Waals surface area contributed by atoms with Crippen molar-refractivity contribution < 1.29 is 54.9 Å². The standard InChI is InChI=1S/C15H12BrClF4N2O2.C13H13N5O6S/c1-6(2)25-14(24)7-4-8(10(18)5-9(7)17)12-11(16)13(15(19,20)21)23(3)22-12;1-7-14-11(17-13(15-7)24-2)16-12(21)18-25(22,23)9-6-4-3-5-8(9)10(19)20/h4-6H,1-3H3;3-6H,1-2H3,(H,19,20)(H2,14,15,16,17,18,21). The number of benzene rings is 2. The number of aromatic nitrogens is 5. The summed E-state index contributed by atoms with van der Waals surface area (Å²) in [5, 5.41) is 14.7. The number of ether oxygens (including phenoxy) is 2. The predicted molar refractivity (Wildman–Crippen MR) is 171 cm³/mol. The van der Waals surface area contributed by atoms with Crippen molar-refractivity contribution >= 4 is 61.5 Å². The number of hydrogen-bond acceptors (Lipinski definition) is 11. The summed E-state index contributed by atoms with van der Waals surface area (Å²) in [5.41, 5.74) is -2.33. The van der Waals surface area contributed by atoms with E-state index in [2.05, 4.69) is 41.3 Å². The van der Waals surface area contributed by atoms with Crippen molar-refractivity contribution in [2.45, 2.75) is 37.9 Å². The highest BCUT2D eigenvalue weighted by Crippen LogP contribution is 2.41. The SMILES string of the molecule is CC(C)OC(=O)c1cc(-c2nn(C)c(C(F)(F)F)c2Br)c(F)cc1Cl.COc1nc(C)nc(NC(=O)NS(=O)(=O)c2ccccc2C(=O)O)n1. The van der Waals surface area contributed by atoms with Crippen LogP contribution in [0.3, 0.4) is 0 Å². The number of aromatic carboxylic acids is 1. The van der Waals surface area contributed by atoms with Gasteiger partial charge in [0.1, 0.15) is 22.2 Å². The molecule has 0 unspecified atom stereocenters. The number of methoxy groups -OCH3 is 1. The third-order valence-corrected chi connectivity index (χ3v) is 8.35. The molecule has 0 fully saturated rings. The van der Waals surface area contributed by atoms with Gasteiger partial charge >= 0.3 is 30.2 Å². The molecule has 2 heterocycles. The molecule has 15 nitrogen and oxygen atoms in total. The molecule has 50 heavy (non-hydrogen) atoms. The number of alkyl halides is 3. The van der Waals surface area contributed by atoms with E-state index in [0.717, 1.165) is 31.3 Å². The first-order valence-electron chi connectivity index (χ1n) is 13.6. The number of nitrogens with one attached hydrogen (secondary N) is 2. The average molecular weight is 811 g/mol. The number of sulfonamides is 1. The van der Waals surface area contributed by atoms with E-state index in [4.69, 9.17) is 26.2 Å². The van der Waals surface area contributed by atoms with Crippen LogP contribution in [0.2, 0.25) is 5.02 Å². The summed E-state index contributed by atoms with van der Waals surface area (Å²) in [6.45, 7) is 4.75. The maximum absolute atomic E-state index is 14.3. The number of aryl methyl sites for hydroxylation is 2. The van der Waals surface area contributed by atoms with Crippen LogP contribution in [0.4, 0.5) is 28.3 Å². The van der Waals surface area contributed by atoms with Crippen LogP contribution in [-0.2, 0) is 28.0 Å². The molecule has 0 aliphatic rings. The molecule has 0 atom stereocenters. The Hall–Kier alpha value is -4.89. The van der Waals surface area contributed by atoms with Gasteiger partial charge in [-0.05, 0) is 61.0 Å². The van der Waals surface area contributed by atoms with Crippen LogP contribution in [-0.4, -0.2) is 69.4 Å². The zero-order chi connectivity index (χ0) is 37.7. The van der Waals surface area contributed by atoms with Gasteiger partial charge in [0.25, 0.3) is 10.0 Å². The summed E-state index contributed by atoms with van der Waals surface area (Å²) < 4.78 is 89.6. The number of carbonyl (C=O) groups is 3. The lowest BCUT2D eigenvalue weighted by molar-refractivity contribution is -0.144. The van der Waals surface area contributed by atoms with E-state index in [1.54, 1.807) is 18.6 Å². The monoisotopic (exact) mass is 809 g/mol. The number of hydrogen-bond donors (Lipinski definition) is 3.